The zero-order valence-electron chi connectivity index (χ0n) is 30.7. The second-order valence-corrected chi connectivity index (χ2v) is 17.8. The van der Waals surface area contributed by atoms with Crippen molar-refractivity contribution in [3.63, 3.8) is 0 Å². The third-order valence-electron chi connectivity index (χ3n) is 15.8. The van der Waals surface area contributed by atoms with Crippen LogP contribution in [-0.4, -0.2) is 17.3 Å². The van der Waals surface area contributed by atoms with E-state index in [0.717, 1.165) is 72.5 Å². The number of carbonyl (C=O) groups is 3. The molecule has 3 nitrogen and oxygen atoms in total. The van der Waals surface area contributed by atoms with Crippen molar-refractivity contribution in [1.82, 2.24) is 0 Å². The Morgan fingerprint density at radius 2 is 0.583 bits per heavy atom. The van der Waals surface area contributed by atoms with E-state index in [4.69, 9.17) is 0 Å². The van der Waals surface area contributed by atoms with Gasteiger partial charge in [-0.1, -0.05) is 95.3 Å². The van der Waals surface area contributed by atoms with Gasteiger partial charge < -0.3 is 0 Å². The van der Waals surface area contributed by atoms with Crippen LogP contribution in [0.4, 0.5) is 0 Å². The van der Waals surface area contributed by atoms with Crippen molar-refractivity contribution in [1.29, 1.82) is 0 Å². The van der Waals surface area contributed by atoms with Crippen LogP contribution in [0, 0.1) is 71.0 Å². The first-order chi connectivity index (χ1) is 23.4. The van der Waals surface area contributed by atoms with E-state index in [9.17, 15) is 14.4 Å². The summed E-state index contributed by atoms with van der Waals surface area (Å²) in [6.45, 7) is 6.17. The first kappa shape index (κ1) is 34.7. The first-order valence-corrected chi connectivity index (χ1v) is 21.0. The molecule has 264 valence electrons. The lowest BCUT2D eigenvalue weighted by molar-refractivity contribution is -0.123. The van der Waals surface area contributed by atoms with E-state index in [1.807, 2.05) is 0 Å². The summed E-state index contributed by atoms with van der Waals surface area (Å²) in [6.07, 6.45) is 33.5. The van der Waals surface area contributed by atoms with Crippen molar-refractivity contribution in [3.05, 3.63) is 34.9 Å². The molecule has 0 saturated heterocycles. The summed E-state index contributed by atoms with van der Waals surface area (Å²) < 4.78 is 0. The maximum Gasteiger partial charge on any atom is 0.159 e. The lowest BCUT2D eigenvalue weighted by Crippen LogP contribution is -2.44. The number of hydrogen-bond donors (Lipinski definition) is 0. The summed E-state index contributed by atoms with van der Waals surface area (Å²) in [4.78, 5) is 36.3. The molecule has 0 N–H and O–H groups in total. The Kier molecular flexibility index (Phi) is 11.0. The van der Waals surface area contributed by atoms with Crippen LogP contribution in [0.3, 0.4) is 0 Å². The van der Waals surface area contributed by atoms with Gasteiger partial charge in [0, 0.05) is 19.3 Å². The average molecular weight is 655 g/mol. The fraction of sp³-hybridized carbons (Fsp3) is 0.800. The van der Waals surface area contributed by atoms with Gasteiger partial charge in [0.05, 0.1) is 0 Å². The van der Waals surface area contributed by atoms with E-state index in [0.29, 0.717) is 35.1 Å². The highest BCUT2D eigenvalue weighted by atomic mass is 16.1. The second kappa shape index (κ2) is 15.2. The van der Waals surface area contributed by atoms with Gasteiger partial charge in [0.2, 0.25) is 0 Å². The number of carbonyl (C=O) groups excluding carboxylic acids is 3. The van der Waals surface area contributed by atoms with Gasteiger partial charge in [0.15, 0.2) is 17.3 Å². The van der Waals surface area contributed by atoms with Crippen LogP contribution in [0.15, 0.2) is 34.9 Å². The minimum absolute atomic E-state index is 0.469. The summed E-state index contributed by atoms with van der Waals surface area (Å²) >= 11 is 0. The fourth-order valence-electron chi connectivity index (χ4n) is 14.2. The quantitative estimate of drug-likeness (QED) is 0.244. The van der Waals surface area contributed by atoms with Gasteiger partial charge in [-0.05, 0) is 147 Å². The Hall–Kier alpha value is -1.77. The molecular formula is C45H66O3. The zero-order chi connectivity index (χ0) is 33.4. The van der Waals surface area contributed by atoms with Gasteiger partial charge in [-0.25, -0.2) is 0 Å². The molecule has 48 heavy (non-hydrogen) atoms. The Morgan fingerprint density at radius 1 is 0.354 bits per heavy atom. The van der Waals surface area contributed by atoms with E-state index in [1.54, 1.807) is 0 Å². The van der Waals surface area contributed by atoms with Crippen molar-refractivity contribution in [3.8, 4) is 0 Å². The van der Waals surface area contributed by atoms with Crippen LogP contribution in [0.25, 0.3) is 0 Å². The molecule has 0 bridgehead atoms. The normalized spacial score (nSPS) is 45.6. The van der Waals surface area contributed by atoms with Gasteiger partial charge in [0.1, 0.15) is 0 Å². The molecule has 12 atom stereocenters. The molecule has 0 heterocycles. The van der Waals surface area contributed by atoms with Crippen LogP contribution < -0.4 is 0 Å². The van der Waals surface area contributed by atoms with Crippen molar-refractivity contribution in [2.24, 2.45) is 71.0 Å². The highest BCUT2D eigenvalue weighted by Gasteiger charge is 2.49. The molecule has 12 unspecified atom stereocenters. The number of Topliss-reactive ketones (excluding diaryl/α,β-unsaturated/α-hetero) is 3. The van der Waals surface area contributed by atoms with Crippen molar-refractivity contribution in [2.45, 2.75) is 156 Å². The highest BCUT2D eigenvalue weighted by molar-refractivity contribution is 5.98. The van der Waals surface area contributed by atoms with Gasteiger partial charge >= 0.3 is 0 Å². The van der Waals surface area contributed by atoms with Gasteiger partial charge in [-0.3, -0.25) is 14.4 Å². The molecule has 0 aliphatic heterocycles. The molecule has 0 radical (unpaired) electrons. The highest BCUT2D eigenvalue weighted by Crippen LogP contribution is 2.55. The predicted molar refractivity (Wildman–Crippen MR) is 195 cm³/mol. The monoisotopic (exact) mass is 655 g/mol. The third-order valence-corrected chi connectivity index (χ3v) is 15.8. The van der Waals surface area contributed by atoms with E-state index >= 15 is 0 Å². The number of hydrogen-bond acceptors (Lipinski definition) is 3. The predicted octanol–water partition coefficient (Wildman–Crippen LogP) is 11.2. The lowest BCUT2D eigenvalue weighted by atomic mass is 9.55. The van der Waals surface area contributed by atoms with Crippen LogP contribution in [0.1, 0.15) is 156 Å². The molecule has 9 aliphatic rings. The van der Waals surface area contributed by atoms with Crippen LogP contribution in [-0.2, 0) is 14.4 Å². The van der Waals surface area contributed by atoms with Crippen LogP contribution >= 0.6 is 0 Å². The average Bonchev–Trinajstić information content (AvgIpc) is 3.10. The van der Waals surface area contributed by atoms with Gasteiger partial charge in [-0.2, -0.15) is 0 Å². The van der Waals surface area contributed by atoms with Crippen LogP contribution in [0.2, 0.25) is 0 Å². The van der Waals surface area contributed by atoms with Gasteiger partial charge in [0.25, 0.3) is 0 Å². The molecule has 9 saturated carbocycles. The maximum absolute atomic E-state index is 12.1. The Morgan fingerprint density at radius 3 is 0.833 bits per heavy atom. The molecule has 0 aromatic heterocycles. The van der Waals surface area contributed by atoms with E-state index in [-0.39, 0.29) is 0 Å². The summed E-state index contributed by atoms with van der Waals surface area (Å²) in [5.41, 5.74) is 3.56. The molecule has 3 heteroatoms. The van der Waals surface area contributed by atoms with Crippen molar-refractivity contribution < 1.29 is 14.4 Å². The Balaban J connectivity index is 0.000000114. The number of ketones is 3. The Labute approximate surface area is 292 Å². The summed E-state index contributed by atoms with van der Waals surface area (Å²) in [6, 6.07) is 0. The standard InChI is InChI=1S/3C15H22O/c3*1-2-12-13-8-4-6-10-5-3-7-11(15(10)13)9-14(12)16/h3*2,10-11,13,15H,3-9H2,1H3/b2*12-2+;12-2-. The lowest BCUT2D eigenvalue weighted by Gasteiger charge is -2.49. The molecule has 9 aliphatic carbocycles. The summed E-state index contributed by atoms with van der Waals surface area (Å²) in [7, 11) is 0. The van der Waals surface area contributed by atoms with Crippen molar-refractivity contribution >= 4 is 17.3 Å². The zero-order valence-corrected chi connectivity index (χ0v) is 30.7. The molecule has 0 amide bonds. The van der Waals surface area contributed by atoms with Crippen LogP contribution in [0.5, 0.6) is 0 Å². The maximum atomic E-state index is 12.1. The summed E-state index contributed by atoms with van der Waals surface area (Å²) in [5, 5.41) is 0. The minimum atomic E-state index is 0.469. The molecular weight excluding hydrogens is 588 g/mol. The number of allylic oxidation sites excluding steroid dienone is 6. The Bertz CT molecular complexity index is 1140. The second-order valence-electron chi connectivity index (χ2n) is 17.8. The largest absolute Gasteiger partial charge is 0.295 e. The van der Waals surface area contributed by atoms with Gasteiger partial charge in [-0.15, -0.1) is 0 Å². The molecule has 0 aromatic rings. The van der Waals surface area contributed by atoms with Crippen molar-refractivity contribution in [2.75, 3.05) is 0 Å². The molecule has 0 spiro atoms. The molecule has 9 rings (SSSR count). The SMILES string of the molecule is C/C=C1/C(=O)CC2CCCC3CCCC1C32.C/C=C1/C(=O)CC2CCCC3CCCC1C32.C/C=C1\C(=O)CC2CCCC3CCCC1C32. The fourth-order valence-corrected chi connectivity index (χ4v) is 14.2. The smallest absolute Gasteiger partial charge is 0.159 e. The topological polar surface area (TPSA) is 51.2 Å². The summed E-state index contributed by atoms with van der Waals surface area (Å²) in [5.74, 6) is 11.0. The number of rotatable bonds is 0. The minimum Gasteiger partial charge on any atom is -0.295 e. The van der Waals surface area contributed by atoms with E-state index in [1.165, 1.54) is 132 Å². The third kappa shape index (κ3) is 6.56. The van der Waals surface area contributed by atoms with E-state index < -0.39 is 0 Å². The molecule has 0 aromatic carbocycles. The van der Waals surface area contributed by atoms with E-state index in [2.05, 4.69) is 39.0 Å². The molecule has 9 fully saturated rings. The first-order valence-electron chi connectivity index (χ1n) is 21.0.